The third-order valence-corrected chi connectivity index (χ3v) is 4.14. The number of hydrogen-bond acceptors (Lipinski definition) is 4. The Morgan fingerprint density at radius 1 is 1.40 bits per heavy atom. The molecule has 1 atom stereocenters. The summed E-state index contributed by atoms with van der Waals surface area (Å²) in [7, 11) is 0. The van der Waals surface area contributed by atoms with E-state index in [4.69, 9.17) is 0 Å². The molecule has 1 aliphatic rings. The first-order valence-corrected chi connectivity index (χ1v) is 7.74. The van der Waals surface area contributed by atoms with Crippen LogP contribution in [0.4, 0.5) is 5.69 Å². The van der Waals surface area contributed by atoms with E-state index in [1.807, 2.05) is 6.07 Å². The van der Waals surface area contributed by atoms with Gasteiger partial charge in [-0.15, -0.1) is 0 Å². The van der Waals surface area contributed by atoms with Crippen molar-refractivity contribution < 1.29 is 4.92 Å². The molecule has 0 aromatic heterocycles. The molecule has 1 aromatic carbocycles. The minimum Gasteiger partial charge on any atom is -0.311 e. The Balaban J connectivity index is 1.85. The van der Waals surface area contributed by atoms with Gasteiger partial charge in [-0.3, -0.25) is 15.0 Å². The van der Waals surface area contributed by atoms with Gasteiger partial charge in [0.25, 0.3) is 5.69 Å². The van der Waals surface area contributed by atoms with Gasteiger partial charge >= 0.3 is 0 Å². The summed E-state index contributed by atoms with van der Waals surface area (Å²) in [6.07, 6.45) is 2.59. The van der Waals surface area contributed by atoms with Crippen LogP contribution in [0.5, 0.6) is 0 Å². The van der Waals surface area contributed by atoms with Gasteiger partial charge in [-0.05, 0) is 44.5 Å². The molecule has 6 heteroatoms. The van der Waals surface area contributed by atoms with Gasteiger partial charge in [-0.1, -0.05) is 15.9 Å². The Hall–Kier alpha value is -0.980. The van der Waals surface area contributed by atoms with Crippen molar-refractivity contribution >= 4 is 21.6 Å². The summed E-state index contributed by atoms with van der Waals surface area (Å²) in [5.74, 6) is 0. The normalized spacial score (nSPS) is 17.3. The predicted octanol–water partition coefficient (Wildman–Crippen LogP) is 2.93. The molecule has 2 rings (SSSR count). The van der Waals surface area contributed by atoms with Crippen LogP contribution in [0, 0.1) is 10.1 Å². The highest BCUT2D eigenvalue weighted by Crippen LogP contribution is 2.21. The van der Waals surface area contributed by atoms with Crippen molar-refractivity contribution in [2.24, 2.45) is 0 Å². The number of nitro benzene ring substituents is 1. The Morgan fingerprint density at radius 2 is 2.10 bits per heavy atom. The van der Waals surface area contributed by atoms with Gasteiger partial charge in [0, 0.05) is 35.7 Å². The van der Waals surface area contributed by atoms with Crippen molar-refractivity contribution in [3.63, 3.8) is 0 Å². The molecule has 1 heterocycles. The zero-order valence-electron chi connectivity index (χ0n) is 11.6. The first kappa shape index (κ1) is 15.4. The standard InChI is InChI=1S/C14H20BrN3O2/c1-11(17-4-2-3-5-17)9-16-10-12-6-13(15)8-14(7-12)18(19)20/h6-8,11,16H,2-5,9-10H2,1H3. The summed E-state index contributed by atoms with van der Waals surface area (Å²) in [6.45, 7) is 6.15. The number of nitro groups is 1. The molecule has 1 aliphatic heterocycles. The van der Waals surface area contributed by atoms with Crippen LogP contribution in [-0.2, 0) is 6.54 Å². The summed E-state index contributed by atoms with van der Waals surface area (Å²) in [4.78, 5) is 12.9. The number of rotatable bonds is 6. The first-order valence-electron chi connectivity index (χ1n) is 6.95. The summed E-state index contributed by atoms with van der Waals surface area (Å²) in [5.41, 5.74) is 1.06. The highest BCUT2D eigenvalue weighted by atomic mass is 79.9. The molecule has 20 heavy (non-hydrogen) atoms. The molecule has 0 saturated carbocycles. The number of halogens is 1. The molecular weight excluding hydrogens is 322 g/mol. The van der Waals surface area contributed by atoms with Crippen molar-refractivity contribution in [2.75, 3.05) is 19.6 Å². The smallest absolute Gasteiger partial charge is 0.270 e. The maximum atomic E-state index is 10.8. The highest BCUT2D eigenvalue weighted by molar-refractivity contribution is 9.10. The lowest BCUT2D eigenvalue weighted by atomic mass is 10.2. The number of non-ortho nitro benzene ring substituents is 1. The van der Waals surface area contributed by atoms with Crippen molar-refractivity contribution in [3.8, 4) is 0 Å². The Morgan fingerprint density at radius 3 is 2.75 bits per heavy atom. The molecule has 1 fully saturated rings. The molecule has 0 bridgehead atoms. The van der Waals surface area contributed by atoms with Gasteiger partial charge in [-0.2, -0.15) is 0 Å². The Kier molecular flexibility index (Phi) is 5.51. The zero-order chi connectivity index (χ0) is 14.5. The molecule has 1 N–H and O–H groups in total. The van der Waals surface area contributed by atoms with Gasteiger partial charge in [0.15, 0.2) is 0 Å². The number of nitrogens with zero attached hydrogens (tertiary/aromatic N) is 2. The number of hydrogen-bond donors (Lipinski definition) is 1. The molecule has 0 aliphatic carbocycles. The van der Waals surface area contributed by atoms with Crippen molar-refractivity contribution in [1.29, 1.82) is 0 Å². The van der Waals surface area contributed by atoms with Crippen LogP contribution in [0.2, 0.25) is 0 Å². The largest absolute Gasteiger partial charge is 0.311 e. The summed E-state index contributed by atoms with van der Waals surface area (Å²) in [5, 5.41) is 14.2. The van der Waals surface area contributed by atoms with Gasteiger partial charge in [0.2, 0.25) is 0 Å². The molecule has 0 radical (unpaired) electrons. The maximum Gasteiger partial charge on any atom is 0.270 e. The zero-order valence-corrected chi connectivity index (χ0v) is 13.2. The number of likely N-dealkylation sites (tertiary alicyclic amines) is 1. The minimum atomic E-state index is -0.360. The van der Waals surface area contributed by atoms with Gasteiger partial charge in [0.1, 0.15) is 0 Å². The van der Waals surface area contributed by atoms with Crippen LogP contribution in [0.3, 0.4) is 0 Å². The van der Waals surface area contributed by atoms with E-state index < -0.39 is 0 Å². The molecule has 1 aromatic rings. The highest BCUT2D eigenvalue weighted by Gasteiger charge is 2.17. The van der Waals surface area contributed by atoms with Crippen molar-refractivity contribution in [3.05, 3.63) is 38.3 Å². The lowest BCUT2D eigenvalue weighted by molar-refractivity contribution is -0.385. The topological polar surface area (TPSA) is 58.4 Å². The van der Waals surface area contributed by atoms with E-state index >= 15 is 0 Å². The maximum absolute atomic E-state index is 10.8. The fourth-order valence-electron chi connectivity index (χ4n) is 2.58. The molecule has 1 saturated heterocycles. The van der Waals surface area contributed by atoms with Crippen LogP contribution in [-0.4, -0.2) is 35.5 Å². The molecule has 0 amide bonds. The van der Waals surface area contributed by atoms with E-state index in [0.29, 0.717) is 12.6 Å². The molecule has 110 valence electrons. The van der Waals surface area contributed by atoms with Crippen LogP contribution in [0.15, 0.2) is 22.7 Å². The van der Waals surface area contributed by atoms with Gasteiger partial charge < -0.3 is 5.32 Å². The number of nitrogens with one attached hydrogen (secondary N) is 1. The van der Waals surface area contributed by atoms with Crippen LogP contribution < -0.4 is 5.32 Å². The average molecular weight is 342 g/mol. The fourth-order valence-corrected chi connectivity index (χ4v) is 3.11. The van der Waals surface area contributed by atoms with Crippen LogP contribution in [0.25, 0.3) is 0 Å². The van der Waals surface area contributed by atoms with E-state index in [1.54, 1.807) is 6.07 Å². The van der Waals surface area contributed by atoms with Crippen molar-refractivity contribution in [2.45, 2.75) is 32.4 Å². The summed E-state index contributed by atoms with van der Waals surface area (Å²) >= 11 is 3.32. The van der Waals surface area contributed by atoms with Crippen LogP contribution in [0.1, 0.15) is 25.3 Å². The van der Waals surface area contributed by atoms with Crippen LogP contribution >= 0.6 is 15.9 Å². The Bertz CT molecular complexity index is 475. The lowest BCUT2D eigenvalue weighted by Gasteiger charge is -2.23. The van der Waals surface area contributed by atoms with E-state index in [1.165, 1.54) is 32.0 Å². The SMILES string of the molecule is CC(CNCc1cc(Br)cc([N+](=O)[O-])c1)N1CCCC1. The average Bonchev–Trinajstić information content (AvgIpc) is 2.91. The second kappa shape index (κ2) is 7.15. The second-order valence-corrected chi connectivity index (χ2v) is 6.21. The number of benzene rings is 1. The molecule has 0 spiro atoms. The first-order chi connectivity index (χ1) is 9.56. The quantitative estimate of drug-likeness (QED) is 0.638. The predicted molar refractivity (Wildman–Crippen MR) is 82.8 cm³/mol. The minimum absolute atomic E-state index is 0.128. The van der Waals surface area contributed by atoms with Crippen molar-refractivity contribution in [1.82, 2.24) is 10.2 Å². The van der Waals surface area contributed by atoms with Gasteiger partial charge in [0.05, 0.1) is 4.92 Å². The third kappa shape index (κ3) is 4.26. The van der Waals surface area contributed by atoms with E-state index in [9.17, 15) is 10.1 Å². The Labute approximate surface area is 127 Å². The fraction of sp³-hybridized carbons (Fsp3) is 0.571. The molecular formula is C14H20BrN3O2. The molecule has 5 nitrogen and oxygen atoms in total. The monoisotopic (exact) mass is 341 g/mol. The van der Waals surface area contributed by atoms with Gasteiger partial charge in [-0.25, -0.2) is 0 Å². The van der Waals surface area contributed by atoms with E-state index in [-0.39, 0.29) is 10.6 Å². The second-order valence-electron chi connectivity index (χ2n) is 5.30. The third-order valence-electron chi connectivity index (χ3n) is 3.69. The van der Waals surface area contributed by atoms with E-state index in [2.05, 4.69) is 33.1 Å². The van der Waals surface area contributed by atoms with E-state index in [0.717, 1.165) is 16.6 Å². The summed E-state index contributed by atoms with van der Waals surface area (Å²) < 4.78 is 0.746. The molecule has 1 unspecified atom stereocenters. The lowest BCUT2D eigenvalue weighted by Crippen LogP contribution is -2.38. The summed E-state index contributed by atoms with van der Waals surface area (Å²) in [6, 6.07) is 5.58.